The van der Waals surface area contributed by atoms with E-state index in [0.29, 0.717) is 5.92 Å². The van der Waals surface area contributed by atoms with Crippen LogP contribution in [0, 0.1) is 11.7 Å². The molecule has 3 nitrogen and oxygen atoms in total. The lowest BCUT2D eigenvalue weighted by Gasteiger charge is -2.09. The summed E-state index contributed by atoms with van der Waals surface area (Å²) in [6, 6.07) is 12.6. The minimum absolute atomic E-state index is 0.203. The van der Waals surface area contributed by atoms with Gasteiger partial charge in [0.15, 0.2) is 0 Å². The first-order chi connectivity index (χ1) is 11.4. The quantitative estimate of drug-likeness (QED) is 0.753. The van der Waals surface area contributed by atoms with E-state index in [0.717, 1.165) is 34.1 Å². The van der Waals surface area contributed by atoms with Crippen LogP contribution in [0.3, 0.4) is 0 Å². The van der Waals surface area contributed by atoms with E-state index in [-0.39, 0.29) is 18.1 Å². The lowest BCUT2D eigenvalue weighted by molar-refractivity contribution is -0.117. The van der Waals surface area contributed by atoms with E-state index in [1.807, 2.05) is 30.5 Å². The third-order valence-electron chi connectivity index (χ3n) is 4.05. The van der Waals surface area contributed by atoms with Gasteiger partial charge in [-0.25, -0.2) is 4.39 Å². The van der Waals surface area contributed by atoms with E-state index >= 15 is 0 Å². The molecule has 1 amide bonds. The predicted octanol–water partition coefficient (Wildman–Crippen LogP) is 4.13. The Bertz CT molecular complexity index is 896. The molecule has 1 aromatic heterocycles. The van der Waals surface area contributed by atoms with Gasteiger partial charge in [0.2, 0.25) is 5.91 Å². The zero-order valence-electron chi connectivity index (χ0n) is 13.9. The molecule has 0 bridgehead atoms. The molecule has 2 aromatic carbocycles. The normalized spacial score (nSPS) is 11.3. The molecule has 0 radical (unpaired) electrons. The fraction of sp³-hybridized carbons (Fsp3) is 0.250. The van der Waals surface area contributed by atoms with Crippen LogP contribution in [-0.2, 0) is 17.8 Å². The van der Waals surface area contributed by atoms with Gasteiger partial charge in [0.05, 0.1) is 6.42 Å². The highest BCUT2D eigenvalue weighted by Gasteiger charge is 2.13. The summed E-state index contributed by atoms with van der Waals surface area (Å²) in [4.78, 5) is 11.4. The third-order valence-corrected chi connectivity index (χ3v) is 4.05. The van der Waals surface area contributed by atoms with Crippen molar-refractivity contribution in [3.63, 3.8) is 0 Å². The Morgan fingerprint density at radius 1 is 1.17 bits per heavy atom. The molecule has 0 aliphatic rings. The Labute approximate surface area is 140 Å². The molecule has 3 aromatic rings. The number of amides is 1. The number of fused-ring (bicyclic) bond motifs is 1. The van der Waals surface area contributed by atoms with Crippen LogP contribution in [0.15, 0.2) is 48.7 Å². The number of primary amides is 1. The van der Waals surface area contributed by atoms with Crippen LogP contribution in [0.25, 0.3) is 22.0 Å². The van der Waals surface area contributed by atoms with Crippen LogP contribution < -0.4 is 5.73 Å². The number of carbonyl (C=O) groups is 1. The van der Waals surface area contributed by atoms with Crippen LogP contribution in [-0.4, -0.2) is 10.5 Å². The van der Waals surface area contributed by atoms with Crippen LogP contribution in [0.5, 0.6) is 0 Å². The average molecular weight is 324 g/mol. The Balaban J connectivity index is 2.14. The summed E-state index contributed by atoms with van der Waals surface area (Å²) in [6.45, 7) is 5.18. The fourth-order valence-corrected chi connectivity index (χ4v) is 3.09. The lowest BCUT2D eigenvalue weighted by atomic mass is 10.0. The van der Waals surface area contributed by atoms with Gasteiger partial charge in [-0.05, 0) is 46.9 Å². The highest BCUT2D eigenvalue weighted by molar-refractivity contribution is 5.92. The zero-order valence-corrected chi connectivity index (χ0v) is 13.9. The van der Waals surface area contributed by atoms with Gasteiger partial charge in [0.25, 0.3) is 0 Å². The molecule has 0 saturated heterocycles. The maximum atomic E-state index is 13.5. The molecule has 4 heteroatoms. The number of rotatable bonds is 5. The Morgan fingerprint density at radius 2 is 1.92 bits per heavy atom. The highest BCUT2D eigenvalue weighted by Crippen LogP contribution is 2.29. The smallest absolute Gasteiger partial charge is 0.221 e. The summed E-state index contributed by atoms with van der Waals surface area (Å²) in [5.74, 6) is -0.123. The summed E-state index contributed by atoms with van der Waals surface area (Å²) in [5, 5.41) is 0.996. The standard InChI is InChI=1S/C20H21FN2O/c1-13(2)11-23-12-16(10-20(22)24)18-9-15(6-7-19(18)23)14-4-3-5-17(21)8-14/h3-9,12-13H,10-11H2,1-2H3,(H2,22,24). The average Bonchev–Trinajstić information content (AvgIpc) is 2.83. The summed E-state index contributed by atoms with van der Waals surface area (Å²) >= 11 is 0. The SMILES string of the molecule is CC(C)Cn1cc(CC(N)=O)c2cc(-c3cccc(F)c3)ccc21. The molecule has 0 unspecified atom stereocenters. The number of carbonyl (C=O) groups excluding carboxylic acids is 1. The number of hydrogen-bond donors (Lipinski definition) is 1. The van der Waals surface area contributed by atoms with Crippen LogP contribution >= 0.6 is 0 Å². The summed E-state index contributed by atoms with van der Waals surface area (Å²) in [5.41, 5.74) is 9.12. The Hall–Kier alpha value is -2.62. The number of nitrogens with zero attached hydrogens (tertiary/aromatic N) is 1. The van der Waals surface area contributed by atoms with Crippen molar-refractivity contribution in [2.24, 2.45) is 11.7 Å². The maximum absolute atomic E-state index is 13.5. The summed E-state index contributed by atoms with van der Waals surface area (Å²) in [7, 11) is 0. The van der Waals surface area contributed by atoms with Gasteiger partial charge in [-0.1, -0.05) is 32.0 Å². The van der Waals surface area contributed by atoms with E-state index in [1.54, 1.807) is 6.07 Å². The first-order valence-electron chi connectivity index (χ1n) is 8.10. The summed E-state index contributed by atoms with van der Waals surface area (Å²) in [6.07, 6.45) is 2.21. The van der Waals surface area contributed by atoms with Gasteiger partial charge in [-0.2, -0.15) is 0 Å². The highest BCUT2D eigenvalue weighted by atomic mass is 19.1. The Kier molecular flexibility index (Phi) is 4.38. The summed E-state index contributed by atoms with van der Waals surface area (Å²) < 4.78 is 15.7. The second-order valence-corrected chi connectivity index (χ2v) is 6.59. The number of hydrogen-bond acceptors (Lipinski definition) is 1. The number of nitrogens with two attached hydrogens (primary N) is 1. The van der Waals surface area contributed by atoms with Gasteiger partial charge in [-0.15, -0.1) is 0 Å². The molecule has 1 heterocycles. The molecule has 0 saturated carbocycles. The van der Waals surface area contributed by atoms with E-state index < -0.39 is 0 Å². The van der Waals surface area contributed by atoms with Crippen LogP contribution in [0.1, 0.15) is 19.4 Å². The van der Waals surface area contributed by atoms with Crippen molar-refractivity contribution in [3.8, 4) is 11.1 Å². The molecule has 3 rings (SSSR count). The second-order valence-electron chi connectivity index (χ2n) is 6.59. The second kappa shape index (κ2) is 6.48. The maximum Gasteiger partial charge on any atom is 0.221 e. The Morgan fingerprint density at radius 3 is 2.58 bits per heavy atom. The molecular formula is C20H21FN2O. The van der Waals surface area contributed by atoms with Crippen molar-refractivity contribution in [1.82, 2.24) is 4.57 Å². The minimum atomic E-state index is -0.352. The van der Waals surface area contributed by atoms with E-state index in [1.165, 1.54) is 12.1 Å². The monoisotopic (exact) mass is 324 g/mol. The molecular weight excluding hydrogens is 303 g/mol. The first kappa shape index (κ1) is 16.2. The van der Waals surface area contributed by atoms with Gasteiger partial charge >= 0.3 is 0 Å². The van der Waals surface area contributed by atoms with Gasteiger partial charge in [0, 0.05) is 23.6 Å². The van der Waals surface area contributed by atoms with Crippen LogP contribution in [0.2, 0.25) is 0 Å². The minimum Gasteiger partial charge on any atom is -0.369 e. The third kappa shape index (κ3) is 3.32. The molecule has 0 aliphatic carbocycles. The van der Waals surface area contributed by atoms with Gasteiger partial charge < -0.3 is 10.3 Å². The van der Waals surface area contributed by atoms with Crippen molar-refractivity contribution in [1.29, 1.82) is 0 Å². The largest absolute Gasteiger partial charge is 0.369 e. The molecule has 124 valence electrons. The topological polar surface area (TPSA) is 48.0 Å². The van der Waals surface area contributed by atoms with Crippen molar-refractivity contribution < 1.29 is 9.18 Å². The number of halogens is 1. The van der Waals surface area contributed by atoms with Gasteiger partial charge in [-0.3, -0.25) is 4.79 Å². The number of aromatic nitrogens is 1. The van der Waals surface area contributed by atoms with Gasteiger partial charge in [0.1, 0.15) is 5.82 Å². The molecule has 0 aliphatic heterocycles. The molecule has 0 spiro atoms. The predicted molar refractivity (Wildman–Crippen MR) is 95.1 cm³/mol. The molecule has 0 fully saturated rings. The fourth-order valence-electron chi connectivity index (χ4n) is 3.09. The molecule has 0 atom stereocenters. The van der Waals surface area contributed by atoms with Crippen LogP contribution in [0.4, 0.5) is 4.39 Å². The van der Waals surface area contributed by atoms with E-state index in [4.69, 9.17) is 5.73 Å². The first-order valence-corrected chi connectivity index (χ1v) is 8.10. The molecule has 24 heavy (non-hydrogen) atoms. The van der Waals surface area contributed by atoms with Crippen molar-refractivity contribution in [3.05, 3.63) is 60.0 Å². The zero-order chi connectivity index (χ0) is 17.3. The van der Waals surface area contributed by atoms with Crippen molar-refractivity contribution >= 4 is 16.8 Å². The van der Waals surface area contributed by atoms with Crippen molar-refractivity contribution in [2.45, 2.75) is 26.8 Å². The lowest BCUT2D eigenvalue weighted by Crippen LogP contribution is -2.13. The molecule has 2 N–H and O–H groups in total. The number of benzene rings is 2. The van der Waals surface area contributed by atoms with Crippen molar-refractivity contribution in [2.75, 3.05) is 0 Å². The van der Waals surface area contributed by atoms with E-state index in [2.05, 4.69) is 18.4 Å². The van der Waals surface area contributed by atoms with E-state index in [9.17, 15) is 9.18 Å².